The summed E-state index contributed by atoms with van der Waals surface area (Å²) in [5, 5.41) is 8.44. The Labute approximate surface area is 117 Å². The van der Waals surface area contributed by atoms with Gasteiger partial charge in [0.05, 0.1) is 6.42 Å². The van der Waals surface area contributed by atoms with Crippen molar-refractivity contribution in [3.05, 3.63) is 16.8 Å². The average molecular weight is 278 g/mol. The van der Waals surface area contributed by atoms with E-state index < -0.39 is 0 Å². The molecule has 0 N–H and O–H groups in total. The minimum atomic E-state index is 0.165. The van der Waals surface area contributed by atoms with E-state index in [0.717, 1.165) is 36.1 Å². The van der Waals surface area contributed by atoms with Gasteiger partial charge in [0.25, 0.3) is 0 Å². The van der Waals surface area contributed by atoms with Crippen LogP contribution in [0.25, 0.3) is 0 Å². The molecule has 19 heavy (non-hydrogen) atoms. The molecule has 0 radical (unpaired) electrons. The highest BCUT2D eigenvalue weighted by Gasteiger charge is 2.42. The number of carbonyl (C=O) groups excluding carboxylic acids is 1. The van der Waals surface area contributed by atoms with Gasteiger partial charge in [0.2, 0.25) is 5.91 Å². The molecule has 3 atom stereocenters. The number of hydrogen-bond acceptors (Lipinski definition) is 3. The van der Waals surface area contributed by atoms with Crippen molar-refractivity contribution in [2.75, 3.05) is 4.90 Å². The molecule has 4 nitrogen and oxygen atoms in total. The summed E-state index contributed by atoms with van der Waals surface area (Å²) in [6, 6.07) is 2.11. The molecule has 1 aliphatic heterocycles. The van der Waals surface area contributed by atoms with E-state index in [4.69, 9.17) is 11.6 Å². The molecule has 0 aromatic carbocycles. The molecule has 100 valence electrons. The van der Waals surface area contributed by atoms with E-state index in [2.05, 4.69) is 10.2 Å². The predicted molar refractivity (Wildman–Crippen MR) is 72.1 cm³/mol. The van der Waals surface area contributed by atoms with Gasteiger partial charge in [-0.2, -0.15) is 0 Å². The van der Waals surface area contributed by atoms with E-state index in [1.54, 1.807) is 6.07 Å². The third-order valence-electron chi connectivity index (χ3n) is 4.89. The molecule has 2 bridgehead atoms. The number of amides is 1. The van der Waals surface area contributed by atoms with Crippen LogP contribution in [-0.2, 0) is 11.2 Å². The number of halogens is 1. The highest BCUT2D eigenvalue weighted by Crippen LogP contribution is 2.45. The summed E-state index contributed by atoms with van der Waals surface area (Å²) >= 11 is 5.86. The summed E-state index contributed by atoms with van der Waals surface area (Å²) in [5.74, 6) is 2.53. The lowest BCUT2D eigenvalue weighted by Crippen LogP contribution is -2.42. The van der Waals surface area contributed by atoms with Gasteiger partial charge in [0, 0.05) is 11.6 Å². The zero-order valence-corrected chi connectivity index (χ0v) is 11.4. The van der Waals surface area contributed by atoms with Crippen LogP contribution in [0.15, 0.2) is 6.07 Å². The Morgan fingerprint density at radius 3 is 2.63 bits per heavy atom. The monoisotopic (exact) mass is 277 g/mol. The van der Waals surface area contributed by atoms with Crippen LogP contribution in [0.1, 0.15) is 37.7 Å². The standard InChI is InChI=1S/C14H16ClN3O/c15-12-6-10-7-13(19)18(14(10)17-16-12)11-4-8-1-2-9(3-8)5-11/h6,8-9,11H,1-5,7H2/t8-,9?,11?/m0/s1. The number of rotatable bonds is 1. The first-order valence-corrected chi connectivity index (χ1v) is 7.42. The highest BCUT2D eigenvalue weighted by atomic mass is 35.5. The summed E-state index contributed by atoms with van der Waals surface area (Å²) < 4.78 is 0. The van der Waals surface area contributed by atoms with E-state index in [1.807, 2.05) is 4.90 Å². The summed E-state index contributed by atoms with van der Waals surface area (Å²) in [4.78, 5) is 14.2. The van der Waals surface area contributed by atoms with Gasteiger partial charge in [0.15, 0.2) is 11.0 Å². The zero-order valence-electron chi connectivity index (χ0n) is 10.7. The zero-order chi connectivity index (χ0) is 13.0. The maximum absolute atomic E-state index is 12.3. The molecule has 1 amide bonds. The van der Waals surface area contributed by atoms with Crippen molar-refractivity contribution in [2.45, 2.75) is 44.6 Å². The molecule has 2 heterocycles. The van der Waals surface area contributed by atoms with Crippen molar-refractivity contribution in [1.82, 2.24) is 10.2 Å². The molecule has 3 aliphatic rings. The Hall–Kier alpha value is -1.16. The van der Waals surface area contributed by atoms with Crippen molar-refractivity contribution in [3.63, 3.8) is 0 Å². The first-order valence-electron chi connectivity index (χ1n) is 7.05. The van der Waals surface area contributed by atoms with Gasteiger partial charge >= 0.3 is 0 Å². The molecule has 2 unspecified atom stereocenters. The second kappa shape index (κ2) is 4.17. The summed E-state index contributed by atoms with van der Waals surface area (Å²) in [5.41, 5.74) is 0.933. The van der Waals surface area contributed by atoms with E-state index in [9.17, 15) is 4.79 Å². The molecule has 2 saturated carbocycles. The summed E-state index contributed by atoms with van der Waals surface area (Å²) in [7, 11) is 0. The highest BCUT2D eigenvalue weighted by molar-refractivity contribution is 6.29. The molecule has 4 rings (SSSR count). The van der Waals surface area contributed by atoms with E-state index in [1.165, 1.54) is 19.3 Å². The lowest BCUT2D eigenvalue weighted by atomic mass is 9.85. The first-order chi connectivity index (χ1) is 9.20. The molecular weight excluding hydrogens is 262 g/mol. The topological polar surface area (TPSA) is 46.1 Å². The number of fused-ring (bicyclic) bond motifs is 3. The van der Waals surface area contributed by atoms with Crippen LogP contribution < -0.4 is 4.90 Å². The molecule has 2 fully saturated rings. The van der Waals surface area contributed by atoms with Crippen LogP contribution in [0.4, 0.5) is 5.82 Å². The third-order valence-corrected chi connectivity index (χ3v) is 5.07. The number of anilines is 1. The smallest absolute Gasteiger partial charge is 0.233 e. The van der Waals surface area contributed by atoms with Crippen LogP contribution in [0.3, 0.4) is 0 Å². The van der Waals surface area contributed by atoms with Gasteiger partial charge in [-0.15, -0.1) is 10.2 Å². The fourth-order valence-electron chi connectivity index (χ4n) is 4.16. The predicted octanol–water partition coefficient (Wildman–Crippen LogP) is 2.60. The molecule has 5 heteroatoms. The minimum Gasteiger partial charge on any atom is -0.292 e. The van der Waals surface area contributed by atoms with Crippen LogP contribution in [0, 0.1) is 11.8 Å². The number of nitrogens with zero attached hydrogens (tertiary/aromatic N) is 3. The first kappa shape index (κ1) is 11.6. The largest absolute Gasteiger partial charge is 0.292 e. The van der Waals surface area contributed by atoms with Crippen molar-refractivity contribution in [2.24, 2.45) is 11.8 Å². The van der Waals surface area contributed by atoms with Gasteiger partial charge in [-0.1, -0.05) is 24.4 Å². The average Bonchev–Trinajstić information content (AvgIpc) is 2.88. The fraction of sp³-hybridized carbons (Fsp3) is 0.643. The van der Waals surface area contributed by atoms with Crippen LogP contribution in [-0.4, -0.2) is 22.1 Å². The van der Waals surface area contributed by atoms with Crippen molar-refractivity contribution in [1.29, 1.82) is 0 Å². The SMILES string of the molecule is O=C1Cc2cc(Cl)nnc2N1C1CC2CC[C@@H](C2)C1. The van der Waals surface area contributed by atoms with Crippen LogP contribution in [0.5, 0.6) is 0 Å². The molecular formula is C14H16ClN3O. The van der Waals surface area contributed by atoms with Gasteiger partial charge < -0.3 is 0 Å². The molecule has 1 aromatic rings. The Morgan fingerprint density at radius 1 is 1.16 bits per heavy atom. The summed E-state index contributed by atoms with van der Waals surface area (Å²) in [6.45, 7) is 0. The van der Waals surface area contributed by atoms with Crippen molar-refractivity contribution >= 4 is 23.3 Å². The van der Waals surface area contributed by atoms with Crippen LogP contribution >= 0.6 is 11.6 Å². The lowest BCUT2D eigenvalue weighted by molar-refractivity contribution is -0.118. The van der Waals surface area contributed by atoms with Gasteiger partial charge in [-0.3, -0.25) is 9.69 Å². The van der Waals surface area contributed by atoms with E-state index in [-0.39, 0.29) is 5.91 Å². The second-order valence-corrected chi connectivity index (χ2v) is 6.51. The maximum atomic E-state index is 12.3. The minimum absolute atomic E-state index is 0.165. The Morgan fingerprint density at radius 2 is 1.89 bits per heavy atom. The van der Waals surface area contributed by atoms with Crippen LogP contribution in [0.2, 0.25) is 5.15 Å². The second-order valence-electron chi connectivity index (χ2n) is 6.13. The molecule has 0 spiro atoms. The van der Waals surface area contributed by atoms with E-state index in [0.29, 0.717) is 17.6 Å². The number of aromatic nitrogens is 2. The van der Waals surface area contributed by atoms with Crippen molar-refractivity contribution < 1.29 is 4.79 Å². The van der Waals surface area contributed by atoms with Gasteiger partial charge in [-0.05, 0) is 37.2 Å². The third kappa shape index (κ3) is 1.84. The fourth-order valence-corrected chi connectivity index (χ4v) is 4.33. The Kier molecular flexibility index (Phi) is 2.56. The quantitative estimate of drug-likeness (QED) is 0.793. The molecule has 2 aliphatic carbocycles. The Bertz CT molecular complexity index is 535. The lowest BCUT2D eigenvalue weighted by Gasteiger charge is -2.34. The maximum Gasteiger partial charge on any atom is 0.233 e. The van der Waals surface area contributed by atoms with Gasteiger partial charge in [-0.25, -0.2) is 0 Å². The van der Waals surface area contributed by atoms with Crippen molar-refractivity contribution in [3.8, 4) is 0 Å². The summed E-state index contributed by atoms with van der Waals surface area (Å²) in [6.07, 6.45) is 6.72. The van der Waals surface area contributed by atoms with E-state index >= 15 is 0 Å². The normalized spacial score (nSPS) is 32.8. The molecule has 1 aromatic heterocycles. The Balaban J connectivity index is 1.67. The molecule has 0 saturated heterocycles. The number of carbonyl (C=O) groups is 1. The number of hydrogen-bond donors (Lipinski definition) is 0. The van der Waals surface area contributed by atoms with Gasteiger partial charge in [0.1, 0.15) is 0 Å².